The highest BCUT2D eigenvalue weighted by atomic mass is 35.5. The highest BCUT2D eigenvalue weighted by molar-refractivity contribution is 6.30. The Kier molecular flexibility index (Phi) is 2.35. The smallest absolute Gasteiger partial charge is 0.253 e. The number of hydrogen-bond acceptors (Lipinski definition) is 1. The summed E-state index contributed by atoms with van der Waals surface area (Å²) < 4.78 is 1.35. The molecule has 0 N–H and O–H groups in total. The highest BCUT2D eigenvalue weighted by Gasteiger charge is 1.92. The van der Waals surface area contributed by atoms with E-state index in [0.29, 0.717) is 5.02 Å². The average Bonchev–Trinajstić information content (AvgIpc) is 1.88. The van der Waals surface area contributed by atoms with Gasteiger partial charge in [-0.05, 0) is 6.07 Å². The van der Waals surface area contributed by atoms with Crippen molar-refractivity contribution in [3.05, 3.63) is 33.7 Å². The van der Waals surface area contributed by atoms with Crippen molar-refractivity contribution in [3.63, 3.8) is 0 Å². The van der Waals surface area contributed by atoms with Gasteiger partial charge in [0.05, 0.1) is 0 Å². The highest BCUT2D eigenvalue weighted by Crippen LogP contribution is 2.01. The first-order valence-electron chi connectivity index (χ1n) is 2.66. The number of rotatable bonds is 1. The topological polar surface area (TPSA) is 22.0 Å². The van der Waals surface area contributed by atoms with Crippen LogP contribution in [-0.2, 0) is 6.00 Å². The maximum absolute atomic E-state index is 10.9. The van der Waals surface area contributed by atoms with Crippen LogP contribution in [0.5, 0.6) is 0 Å². The third kappa shape index (κ3) is 1.52. The number of alkyl halides is 1. The predicted molar refractivity (Wildman–Crippen MR) is 41.6 cm³/mol. The van der Waals surface area contributed by atoms with Crippen molar-refractivity contribution >= 4 is 23.2 Å². The van der Waals surface area contributed by atoms with Crippen LogP contribution in [0.3, 0.4) is 0 Å². The van der Waals surface area contributed by atoms with Gasteiger partial charge in [-0.3, -0.25) is 4.79 Å². The van der Waals surface area contributed by atoms with Crippen molar-refractivity contribution < 1.29 is 0 Å². The van der Waals surface area contributed by atoms with E-state index in [1.165, 1.54) is 10.6 Å². The van der Waals surface area contributed by atoms with E-state index < -0.39 is 0 Å². The predicted octanol–water partition coefficient (Wildman–Crippen LogP) is 1.70. The first-order chi connectivity index (χ1) is 4.74. The molecule has 0 radical (unpaired) electrons. The second-order valence-electron chi connectivity index (χ2n) is 1.77. The largest absolute Gasteiger partial charge is 0.301 e. The summed E-state index contributed by atoms with van der Waals surface area (Å²) in [5.74, 6) is 0. The second kappa shape index (κ2) is 3.08. The Morgan fingerprint density at radius 2 is 2.30 bits per heavy atom. The lowest BCUT2D eigenvalue weighted by Gasteiger charge is -1.96. The van der Waals surface area contributed by atoms with Gasteiger partial charge in [-0.25, -0.2) is 0 Å². The van der Waals surface area contributed by atoms with Gasteiger partial charge in [0.15, 0.2) is 0 Å². The summed E-state index contributed by atoms with van der Waals surface area (Å²) in [5.41, 5.74) is -0.178. The molecule has 0 spiro atoms. The Labute approximate surface area is 68.0 Å². The Morgan fingerprint density at radius 1 is 1.60 bits per heavy atom. The van der Waals surface area contributed by atoms with E-state index in [2.05, 4.69) is 0 Å². The van der Waals surface area contributed by atoms with Gasteiger partial charge in [-0.2, -0.15) is 0 Å². The number of nitrogens with zero attached hydrogens (tertiary/aromatic N) is 1. The summed E-state index contributed by atoms with van der Waals surface area (Å²) in [6, 6.07) is 3.10. The lowest BCUT2D eigenvalue weighted by Crippen LogP contribution is -2.15. The third-order valence-electron chi connectivity index (χ3n) is 1.09. The van der Waals surface area contributed by atoms with Crippen LogP contribution in [0.1, 0.15) is 0 Å². The fourth-order valence-corrected chi connectivity index (χ4v) is 0.930. The van der Waals surface area contributed by atoms with Crippen LogP contribution in [-0.4, -0.2) is 4.57 Å². The average molecular weight is 178 g/mol. The van der Waals surface area contributed by atoms with Gasteiger partial charge in [0.1, 0.15) is 6.00 Å². The summed E-state index contributed by atoms with van der Waals surface area (Å²) in [6.45, 7) is 0. The molecule has 0 bridgehead atoms. The maximum Gasteiger partial charge on any atom is 0.253 e. The normalized spacial score (nSPS) is 9.80. The Morgan fingerprint density at radius 3 is 2.80 bits per heavy atom. The Balaban J connectivity index is 3.20. The molecule has 2 nitrogen and oxygen atoms in total. The molecule has 0 aromatic carbocycles. The van der Waals surface area contributed by atoms with Crippen molar-refractivity contribution in [1.82, 2.24) is 4.57 Å². The van der Waals surface area contributed by atoms with Crippen LogP contribution >= 0.6 is 23.2 Å². The molecular weight excluding hydrogens is 173 g/mol. The van der Waals surface area contributed by atoms with E-state index in [-0.39, 0.29) is 11.6 Å². The Bertz CT molecular complexity index is 281. The molecule has 0 atom stereocenters. The summed E-state index contributed by atoms with van der Waals surface area (Å²) in [4.78, 5) is 10.9. The number of pyridine rings is 1. The minimum Gasteiger partial charge on any atom is -0.301 e. The summed E-state index contributed by atoms with van der Waals surface area (Å²) in [5, 5.41) is 0.436. The zero-order valence-electron chi connectivity index (χ0n) is 5.05. The molecule has 0 aliphatic carbocycles. The van der Waals surface area contributed by atoms with Crippen LogP contribution in [0.15, 0.2) is 23.1 Å². The molecule has 0 amide bonds. The molecule has 1 aromatic heterocycles. The molecule has 0 saturated carbocycles. The number of hydrogen-bond donors (Lipinski definition) is 0. The maximum atomic E-state index is 10.9. The van der Waals surface area contributed by atoms with Crippen molar-refractivity contribution in [2.24, 2.45) is 0 Å². The van der Waals surface area contributed by atoms with Crippen molar-refractivity contribution in [3.8, 4) is 0 Å². The Hall–Kier alpha value is -0.470. The molecule has 1 aromatic rings. The minimum absolute atomic E-state index is 0.163. The molecule has 0 aliphatic heterocycles. The quantitative estimate of drug-likeness (QED) is 0.599. The van der Waals surface area contributed by atoms with Crippen LogP contribution in [0.4, 0.5) is 0 Å². The molecule has 0 saturated heterocycles. The van der Waals surface area contributed by atoms with Crippen molar-refractivity contribution in [1.29, 1.82) is 0 Å². The van der Waals surface area contributed by atoms with E-state index >= 15 is 0 Å². The lowest BCUT2D eigenvalue weighted by molar-refractivity contribution is 0.832. The van der Waals surface area contributed by atoms with Crippen LogP contribution in [0.2, 0.25) is 5.02 Å². The number of halogens is 2. The molecular formula is C6H5Cl2NO. The van der Waals surface area contributed by atoms with E-state index in [0.717, 1.165) is 0 Å². The first kappa shape index (κ1) is 7.63. The molecule has 10 heavy (non-hydrogen) atoms. The first-order valence-corrected chi connectivity index (χ1v) is 3.57. The number of aromatic nitrogens is 1. The van der Waals surface area contributed by atoms with Crippen molar-refractivity contribution in [2.75, 3.05) is 0 Å². The van der Waals surface area contributed by atoms with Crippen LogP contribution in [0.25, 0.3) is 0 Å². The van der Waals surface area contributed by atoms with Gasteiger partial charge < -0.3 is 4.57 Å². The molecule has 1 rings (SSSR count). The molecule has 1 heterocycles. The van der Waals surface area contributed by atoms with Gasteiger partial charge in [0.25, 0.3) is 5.56 Å². The molecule has 4 heteroatoms. The van der Waals surface area contributed by atoms with Gasteiger partial charge in [-0.15, -0.1) is 11.6 Å². The summed E-state index contributed by atoms with van der Waals surface area (Å²) in [7, 11) is 0. The third-order valence-corrected chi connectivity index (χ3v) is 1.58. The SMILES string of the molecule is O=c1cc(Cl)ccn1CCl. The van der Waals surface area contributed by atoms with Gasteiger partial charge in [0.2, 0.25) is 0 Å². The molecule has 0 unspecified atom stereocenters. The van der Waals surface area contributed by atoms with Gasteiger partial charge in [0, 0.05) is 17.3 Å². The standard InChI is InChI=1S/C6H5Cl2NO/c7-4-9-2-1-5(8)3-6(9)10/h1-3H,4H2. The fraction of sp³-hybridized carbons (Fsp3) is 0.167. The molecule has 0 fully saturated rings. The van der Waals surface area contributed by atoms with Gasteiger partial charge in [-0.1, -0.05) is 11.6 Å². The summed E-state index contributed by atoms with van der Waals surface area (Å²) >= 11 is 10.9. The van der Waals surface area contributed by atoms with E-state index in [9.17, 15) is 4.79 Å². The monoisotopic (exact) mass is 177 g/mol. The molecule has 0 aliphatic rings. The lowest BCUT2D eigenvalue weighted by atomic mass is 10.5. The van der Waals surface area contributed by atoms with Crippen molar-refractivity contribution in [2.45, 2.75) is 6.00 Å². The second-order valence-corrected chi connectivity index (χ2v) is 2.45. The van der Waals surface area contributed by atoms with Gasteiger partial charge >= 0.3 is 0 Å². The summed E-state index contributed by atoms with van der Waals surface area (Å²) in [6.07, 6.45) is 1.55. The van der Waals surface area contributed by atoms with Crippen LogP contribution < -0.4 is 5.56 Å². The van der Waals surface area contributed by atoms with E-state index in [1.54, 1.807) is 12.3 Å². The molecule has 54 valence electrons. The zero-order chi connectivity index (χ0) is 7.56. The fourth-order valence-electron chi connectivity index (χ4n) is 0.582. The van der Waals surface area contributed by atoms with Crippen LogP contribution in [0, 0.1) is 0 Å². The zero-order valence-corrected chi connectivity index (χ0v) is 6.56. The van der Waals surface area contributed by atoms with E-state index in [1.807, 2.05) is 0 Å². The van der Waals surface area contributed by atoms with E-state index in [4.69, 9.17) is 23.2 Å². The minimum atomic E-state index is -0.178.